The SMILES string of the molecule is CN(CCCc1cc(-c2ccccc2)n[nH]1)C(=O)[C@@H]1CCCCN1.Cl. The van der Waals surface area contributed by atoms with Crippen LogP contribution in [0.2, 0.25) is 0 Å². The average molecular weight is 363 g/mol. The fraction of sp³-hybridized carbons (Fsp3) is 0.474. The minimum Gasteiger partial charge on any atom is -0.344 e. The van der Waals surface area contributed by atoms with E-state index in [0.29, 0.717) is 0 Å². The van der Waals surface area contributed by atoms with Crippen LogP contribution in [0.25, 0.3) is 11.3 Å². The van der Waals surface area contributed by atoms with Gasteiger partial charge < -0.3 is 10.2 Å². The lowest BCUT2D eigenvalue weighted by Crippen LogP contribution is -2.47. The number of likely N-dealkylation sites (N-methyl/N-ethyl adjacent to an activating group) is 1. The maximum absolute atomic E-state index is 12.4. The van der Waals surface area contributed by atoms with E-state index in [1.165, 1.54) is 6.42 Å². The zero-order valence-electron chi connectivity index (χ0n) is 14.7. The lowest BCUT2D eigenvalue weighted by Gasteiger charge is -2.27. The van der Waals surface area contributed by atoms with Gasteiger partial charge in [-0.3, -0.25) is 9.89 Å². The second-order valence-corrected chi connectivity index (χ2v) is 6.51. The highest BCUT2D eigenvalue weighted by Gasteiger charge is 2.23. The number of nitrogens with zero attached hydrogens (tertiary/aromatic N) is 2. The van der Waals surface area contributed by atoms with E-state index in [1.54, 1.807) is 0 Å². The van der Waals surface area contributed by atoms with Crippen molar-refractivity contribution in [3.63, 3.8) is 0 Å². The Bertz CT molecular complexity index is 652. The van der Waals surface area contributed by atoms with Crippen LogP contribution in [-0.4, -0.2) is 47.2 Å². The highest BCUT2D eigenvalue weighted by atomic mass is 35.5. The van der Waals surface area contributed by atoms with Gasteiger partial charge in [-0.2, -0.15) is 5.10 Å². The summed E-state index contributed by atoms with van der Waals surface area (Å²) in [7, 11) is 1.90. The molecule has 0 unspecified atom stereocenters. The van der Waals surface area contributed by atoms with Crippen molar-refractivity contribution in [3.05, 3.63) is 42.1 Å². The number of carbonyl (C=O) groups is 1. The van der Waals surface area contributed by atoms with Gasteiger partial charge in [0.1, 0.15) is 0 Å². The molecule has 1 saturated heterocycles. The fourth-order valence-corrected chi connectivity index (χ4v) is 3.19. The normalized spacial score (nSPS) is 16.9. The molecule has 5 nitrogen and oxygen atoms in total. The van der Waals surface area contributed by atoms with Crippen LogP contribution in [0.15, 0.2) is 36.4 Å². The smallest absolute Gasteiger partial charge is 0.239 e. The molecule has 0 radical (unpaired) electrons. The molecule has 1 aromatic heterocycles. The summed E-state index contributed by atoms with van der Waals surface area (Å²) in [4.78, 5) is 14.2. The number of hydrogen-bond acceptors (Lipinski definition) is 3. The third kappa shape index (κ3) is 5.31. The van der Waals surface area contributed by atoms with E-state index in [9.17, 15) is 4.79 Å². The minimum atomic E-state index is 0. The zero-order valence-corrected chi connectivity index (χ0v) is 15.5. The lowest BCUT2D eigenvalue weighted by molar-refractivity contribution is -0.132. The molecule has 6 heteroatoms. The van der Waals surface area contributed by atoms with Gasteiger partial charge in [-0.1, -0.05) is 36.8 Å². The third-order valence-electron chi connectivity index (χ3n) is 4.62. The maximum Gasteiger partial charge on any atom is 0.239 e. The molecule has 25 heavy (non-hydrogen) atoms. The van der Waals surface area contributed by atoms with Gasteiger partial charge in [0, 0.05) is 24.8 Å². The number of aromatic nitrogens is 2. The molecule has 3 rings (SSSR count). The van der Waals surface area contributed by atoms with Crippen LogP contribution in [0.3, 0.4) is 0 Å². The highest BCUT2D eigenvalue weighted by molar-refractivity contribution is 5.85. The topological polar surface area (TPSA) is 61.0 Å². The van der Waals surface area contributed by atoms with E-state index < -0.39 is 0 Å². The first kappa shape index (κ1) is 19.5. The monoisotopic (exact) mass is 362 g/mol. The van der Waals surface area contributed by atoms with Gasteiger partial charge in [-0.25, -0.2) is 0 Å². The second-order valence-electron chi connectivity index (χ2n) is 6.51. The van der Waals surface area contributed by atoms with E-state index >= 15 is 0 Å². The van der Waals surface area contributed by atoms with E-state index in [1.807, 2.05) is 30.1 Å². The first-order chi connectivity index (χ1) is 11.7. The van der Waals surface area contributed by atoms with Crippen molar-refractivity contribution >= 4 is 18.3 Å². The standard InChI is InChI=1S/C19H26N4O.ClH/c1-23(19(24)17-11-5-6-12-20-17)13-7-10-16-14-18(22-21-16)15-8-3-2-4-9-15;/h2-4,8-9,14,17,20H,5-7,10-13H2,1H3,(H,21,22);1H/t17-;/m0./s1. The number of aryl methyl sites for hydroxylation is 1. The molecule has 2 N–H and O–H groups in total. The third-order valence-corrected chi connectivity index (χ3v) is 4.62. The summed E-state index contributed by atoms with van der Waals surface area (Å²) in [6, 6.07) is 12.3. The number of piperidine rings is 1. The number of H-pyrrole nitrogens is 1. The van der Waals surface area contributed by atoms with Gasteiger partial charge in [0.2, 0.25) is 5.91 Å². The van der Waals surface area contributed by atoms with Crippen molar-refractivity contribution in [2.24, 2.45) is 0 Å². The fourth-order valence-electron chi connectivity index (χ4n) is 3.19. The Labute approximate surface area is 155 Å². The first-order valence-corrected chi connectivity index (χ1v) is 8.82. The first-order valence-electron chi connectivity index (χ1n) is 8.82. The molecule has 1 aliphatic rings. The number of rotatable bonds is 6. The lowest BCUT2D eigenvalue weighted by atomic mass is 10.0. The predicted octanol–water partition coefficient (Wildman–Crippen LogP) is 3.03. The Balaban J connectivity index is 0.00000225. The Morgan fingerprint density at radius 3 is 2.80 bits per heavy atom. The van der Waals surface area contributed by atoms with E-state index in [2.05, 4.69) is 33.7 Å². The Hall–Kier alpha value is -1.85. The molecule has 1 amide bonds. The van der Waals surface area contributed by atoms with Crippen molar-refractivity contribution in [2.45, 2.75) is 38.1 Å². The summed E-state index contributed by atoms with van der Waals surface area (Å²) < 4.78 is 0. The van der Waals surface area contributed by atoms with Crippen molar-refractivity contribution in [1.82, 2.24) is 20.4 Å². The summed E-state index contributed by atoms with van der Waals surface area (Å²) in [5.74, 6) is 0.226. The van der Waals surface area contributed by atoms with Crippen molar-refractivity contribution in [2.75, 3.05) is 20.1 Å². The molecule has 0 spiro atoms. The number of carbonyl (C=O) groups excluding carboxylic acids is 1. The molecule has 1 aromatic carbocycles. The molecular formula is C19H27ClN4O. The Kier molecular flexibility index (Phi) is 7.47. The van der Waals surface area contributed by atoms with Crippen LogP contribution in [0.4, 0.5) is 0 Å². The molecule has 0 saturated carbocycles. The van der Waals surface area contributed by atoms with Gasteiger partial charge in [-0.05, 0) is 38.3 Å². The van der Waals surface area contributed by atoms with Gasteiger partial charge in [0.25, 0.3) is 0 Å². The van der Waals surface area contributed by atoms with E-state index in [4.69, 9.17) is 0 Å². The summed E-state index contributed by atoms with van der Waals surface area (Å²) >= 11 is 0. The Morgan fingerprint density at radius 1 is 1.28 bits per heavy atom. The summed E-state index contributed by atoms with van der Waals surface area (Å²) in [6.07, 6.45) is 5.12. The molecule has 1 fully saturated rings. The molecule has 136 valence electrons. The van der Waals surface area contributed by atoms with Crippen LogP contribution in [0.1, 0.15) is 31.4 Å². The van der Waals surface area contributed by atoms with E-state index in [-0.39, 0.29) is 24.4 Å². The zero-order chi connectivity index (χ0) is 16.8. The van der Waals surface area contributed by atoms with Gasteiger partial charge >= 0.3 is 0 Å². The number of nitrogens with one attached hydrogen (secondary N) is 2. The molecule has 2 aromatic rings. The summed E-state index contributed by atoms with van der Waals surface area (Å²) in [5.41, 5.74) is 3.21. The van der Waals surface area contributed by atoms with Crippen LogP contribution < -0.4 is 5.32 Å². The van der Waals surface area contributed by atoms with E-state index in [0.717, 1.165) is 55.7 Å². The molecule has 0 aliphatic carbocycles. The maximum atomic E-state index is 12.4. The minimum absolute atomic E-state index is 0. The summed E-state index contributed by atoms with van der Waals surface area (Å²) in [5, 5.41) is 10.8. The number of benzene rings is 1. The highest BCUT2D eigenvalue weighted by Crippen LogP contribution is 2.17. The second kappa shape index (κ2) is 9.59. The molecule has 1 atom stereocenters. The van der Waals surface area contributed by atoms with Crippen LogP contribution in [0, 0.1) is 0 Å². The summed E-state index contributed by atoms with van der Waals surface area (Å²) in [6.45, 7) is 1.73. The average Bonchev–Trinajstić information content (AvgIpc) is 3.11. The van der Waals surface area contributed by atoms with Crippen LogP contribution >= 0.6 is 12.4 Å². The molecule has 2 heterocycles. The predicted molar refractivity (Wildman–Crippen MR) is 103 cm³/mol. The largest absolute Gasteiger partial charge is 0.344 e. The van der Waals surface area contributed by atoms with Crippen molar-refractivity contribution in [3.8, 4) is 11.3 Å². The number of hydrogen-bond donors (Lipinski definition) is 2. The van der Waals surface area contributed by atoms with Crippen molar-refractivity contribution in [1.29, 1.82) is 0 Å². The van der Waals surface area contributed by atoms with Crippen LogP contribution in [-0.2, 0) is 11.2 Å². The molecule has 1 aliphatic heterocycles. The van der Waals surface area contributed by atoms with Crippen LogP contribution in [0.5, 0.6) is 0 Å². The molecule has 0 bridgehead atoms. The van der Waals surface area contributed by atoms with Crippen molar-refractivity contribution < 1.29 is 4.79 Å². The molecular weight excluding hydrogens is 336 g/mol. The van der Waals surface area contributed by atoms with Gasteiger partial charge in [0.15, 0.2) is 0 Å². The van der Waals surface area contributed by atoms with Gasteiger partial charge in [-0.15, -0.1) is 12.4 Å². The van der Waals surface area contributed by atoms with Gasteiger partial charge in [0.05, 0.1) is 11.7 Å². The number of aromatic amines is 1. The quantitative estimate of drug-likeness (QED) is 0.830. The Morgan fingerprint density at radius 2 is 2.08 bits per heavy atom. The number of amides is 1. The number of halogens is 1.